The number of halogens is 3. The van der Waals surface area contributed by atoms with Crippen molar-refractivity contribution >= 4 is 28.3 Å². The molecule has 2 aliphatic heterocycles. The van der Waals surface area contributed by atoms with Crippen LogP contribution < -0.4 is 4.90 Å². The molecule has 1 amide bonds. The van der Waals surface area contributed by atoms with Crippen LogP contribution in [0.3, 0.4) is 0 Å². The van der Waals surface area contributed by atoms with Crippen molar-refractivity contribution < 1.29 is 27.9 Å². The van der Waals surface area contributed by atoms with Gasteiger partial charge in [-0.2, -0.15) is 13.2 Å². The highest BCUT2D eigenvalue weighted by Gasteiger charge is 2.43. The zero-order chi connectivity index (χ0) is 21.8. The van der Waals surface area contributed by atoms with Gasteiger partial charge in [-0.05, 0) is 31.4 Å². The number of carboxylic acids is 1. The summed E-state index contributed by atoms with van der Waals surface area (Å²) in [5.41, 5.74) is 2.51. The molecule has 162 valence electrons. The highest BCUT2D eigenvalue weighted by atomic mass is 32.1. The topological polar surface area (TPSA) is 99.5 Å². The number of amides is 1. The van der Waals surface area contributed by atoms with Gasteiger partial charge in [-0.25, -0.2) is 4.79 Å². The number of carboxylic acid groups (broad SMARTS) is 1. The lowest BCUT2D eigenvalue weighted by Crippen LogP contribution is -2.45. The number of carbonyl (C=O) groups is 2. The Bertz CT molecular complexity index is 866. The maximum atomic E-state index is 12.6. The first-order valence-electron chi connectivity index (χ1n) is 9.22. The van der Waals surface area contributed by atoms with Gasteiger partial charge in [0, 0.05) is 37.8 Å². The number of alkyl halides is 3. The number of anilines is 1. The standard InChI is InChI=1S/C16H19N5OS.C2HF3O2/c22-14(13-4-1-2-7-17-13)20-9-6-16(10-20)5-3-8-21(11-16)15-19-18-12-23-15;3-2(4,5)1(6)7/h1-2,4,7,12H,3,5-6,8-11H2;(H,6,7). The number of carbonyl (C=O) groups excluding carboxylic acids is 1. The van der Waals surface area contributed by atoms with Crippen molar-refractivity contribution in [1.82, 2.24) is 20.1 Å². The van der Waals surface area contributed by atoms with E-state index in [1.54, 1.807) is 29.1 Å². The number of piperidine rings is 1. The van der Waals surface area contributed by atoms with Crippen molar-refractivity contribution in [1.29, 1.82) is 0 Å². The number of hydrogen-bond acceptors (Lipinski definition) is 7. The molecule has 12 heteroatoms. The quantitative estimate of drug-likeness (QED) is 0.762. The van der Waals surface area contributed by atoms with Crippen LogP contribution in [0.15, 0.2) is 29.9 Å². The van der Waals surface area contributed by atoms with Gasteiger partial charge in [-0.15, -0.1) is 10.2 Å². The fourth-order valence-corrected chi connectivity index (χ4v) is 4.36. The average Bonchev–Trinajstić information content (AvgIpc) is 3.39. The summed E-state index contributed by atoms with van der Waals surface area (Å²) in [5, 5.41) is 16.3. The van der Waals surface area contributed by atoms with Gasteiger partial charge >= 0.3 is 12.1 Å². The summed E-state index contributed by atoms with van der Waals surface area (Å²) in [6, 6.07) is 5.49. The molecule has 0 aromatic carbocycles. The predicted octanol–water partition coefficient (Wildman–Crippen LogP) is 2.70. The Morgan fingerprint density at radius 3 is 2.53 bits per heavy atom. The minimum atomic E-state index is -5.08. The molecular weight excluding hydrogens is 423 g/mol. The zero-order valence-electron chi connectivity index (χ0n) is 15.9. The molecule has 0 aliphatic carbocycles. The molecular formula is C18H20F3N5O3S. The second-order valence-electron chi connectivity index (χ2n) is 7.24. The van der Waals surface area contributed by atoms with Crippen molar-refractivity contribution in [2.24, 2.45) is 5.41 Å². The third-order valence-corrected chi connectivity index (χ3v) is 5.88. The van der Waals surface area contributed by atoms with Gasteiger partial charge in [0.1, 0.15) is 11.2 Å². The molecule has 1 atom stereocenters. The maximum Gasteiger partial charge on any atom is 0.490 e. The molecule has 30 heavy (non-hydrogen) atoms. The van der Waals surface area contributed by atoms with E-state index in [9.17, 15) is 18.0 Å². The predicted molar refractivity (Wildman–Crippen MR) is 102 cm³/mol. The van der Waals surface area contributed by atoms with E-state index in [1.165, 1.54) is 6.42 Å². The van der Waals surface area contributed by atoms with Crippen LogP contribution in [0.25, 0.3) is 0 Å². The lowest BCUT2D eigenvalue weighted by Gasteiger charge is -2.40. The van der Waals surface area contributed by atoms with E-state index in [2.05, 4.69) is 20.1 Å². The van der Waals surface area contributed by atoms with Crippen LogP contribution in [-0.2, 0) is 4.79 Å². The van der Waals surface area contributed by atoms with Crippen LogP contribution >= 0.6 is 11.3 Å². The van der Waals surface area contributed by atoms with Crippen molar-refractivity contribution in [3.63, 3.8) is 0 Å². The van der Waals surface area contributed by atoms with Gasteiger partial charge in [0.2, 0.25) is 5.13 Å². The van der Waals surface area contributed by atoms with Crippen molar-refractivity contribution in [2.45, 2.75) is 25.4 Å². The summed E-state index contributed by atoms with van der Waals surface area (Å²) in [5.74, 6) is -2.71. The number of nitrogens with zero attached hydrogens (tertiary/aromatic N) is 5. The summed E-state index contributed by atoms with van der Waals surface area (Å²) < 4.78 is 31.7. The normalized spacial score (nSPS) is 21.3. The second-order valence-corrected chi connectivity index (χ2v) is 8.05. The van der Waals surface area contributed by atoms with E-state index in [-0.39, 0.29) is 11.3 Å². The first-order chi connectivity index (χ1) is 14.2. The van der Waals surface area contributed by atoms with Crippen molar-refractivity contribution in [2.75, 3.05) is 31.1 Å². The first kappa shape index (κ1) is 21.9. The average molecular weight is 443 g/mol. The molecule has 1 unspecified atom stereocenters. The Kier molecular flexibility index (Phi) is 6.54. The summed E-state index contributed by atoms with van der Waals surface area (Å²) >= 11 is 1.59. The Labute approximate surface area is 174 Å². The van der Waals surface area contributed by atoms with Crippen LogP contribution in [-0.4, -0.2) is 69.4 Å². The van der Waals surface area contributed by atoms with E-state index in [4.69, 9.17) is 9.90 Å². The van der Waals surface area contributed by atoms with E-state index in [0.717, 1.165) is 44.2 Å². The van der Waals surface area contributed by atoms with Crippen LogP contribution in [0.4, 0.5) is 18.3 Å². The van der Waals surface area contributed by atoms with E-state index in [0.29, 0.717) is 5.69 Å². The molecule has 0 saturated carbocycles. The Balaban J connectivity index is 0.000000318. The molecule has 2 fully saturated rings. The SMILES string of the molecule is O=C(O)C(F)(F)F.O=C(c1ccccn1)N1CCC2(CCCN(c3nncs3)C2)C1. The second kappa shape index (κ2) is 8.94. The third kappa shape index (κ3) is 5.23. The zero-order valence-corrected chi connectivity index (χ0v) is 16.7. The smallest absolute Gasteiger partial charge is 0.475 e. The van der Waals surface area contributed by atoms with Crippen LogP contribution in [0, 0.1) is 5.41 Å². The Hall–Kier alpha value is -2.76. The largest absolute Gasteiger partial charge is 0.490 e. The van der Waals surface area contributed by atoms with Gasteiger partial charge in [0.05, 0.1) is 0 Å². The molecule has 2 saturated heterocycles. The van der Waals surface area contributed by atoms with E-state index < -0.39 is 12.1 Å². The molecule has 2 aliphatic rings. The highest BCUT2D eigenvalue weighted by Crippen LogP contribution is 2.40. The minimum absolute atomic E-state index is 0.0514. The number of rotatable bonds is 2. The first-order valence-corrected chi connectivity index (χ1v) is 10.1. The summed E-state index contributed by atoms with van der Waals surface area (Å²) in [6.07, 6.45) is -0.0305. The molecule has 2 aromatic rings. The monoisotopic (exact) mass is 443 g/mol. The van der Waals surface area contributed by atoms with Gasteiger partial charge in [-0.3, -0.25) is 9.78 Å². The highest BCUT2D eigenvalue weighted by molar-refractivity contribution is 7.13. The Morgan fingerprint density at radius 1 is 1.17 bits per heavy atom. The molecule has 4 rings (SSSR count). The maximum absolute atomic E-state index is 12.6. The summed E-state index contributed by atoms with van der Waals surface area (Å²) in [6.45, 7) is 3.64. The number of pyridine rings is 1. The van der Waals surface area contributed by atoms with Gasteiger partial charge in [-0.1, -0.05) is 17.4 Å². The van der Waals surface area contributed by atoms with Crippen molar-refractivity contribution in [3.8, 4) is 0 Å². The van der Waals surface area contributed by atoms with E-state index >= 15 is 0 Å². The minimum Gasteiger partial charge on any atom is -0.475 e. The molecule has 1 spiro atoms. The van der Waals surface area contributed by atoms with Crippen LogP contribution in [0.1, 0.15) is 29.8 Å². The number of likely N-dealkylation sites (tertiary alicyclic amines) is 1. The molecule has 1 N–H and O–H groups in total. The van der Waals surface area contributed by atoms with Gasteiger partial charge in [0.25, 0.3) is 5.91 Å². The lowest BCUT2D eigenvalue weighted by atomic mass is 9.79. The molecule has 0 radical (unpaired) electrons. The molecule has 4 heterocycles. The lowest BCUT2D eigenvalue weighted by molar-refractivity contribution is -0.192. The Morgan fingerprint density at radius 2 is 1.93 bits per heavy atom. The third-order valence-electron chi connectivity index (χ3n) is 5.13. The van der Waals surface area contributed by atoms with Gasteiger partial charge in [0.15, 0.2) is 0 Å². The fraction of sp³-hybridized carbons (Fsp3) is 0.500. The van der Waals surface area contributed by atoms with Crippen LogP contribution in [0.2, 0.25) is 0 Å². The molecule has 2 aromatic heterocycles. The van der Waals surface area contributed by atoms with Crippen LogP contribution in [0.5, 0.6) is 0 Å². The summed E-state index contributed by atoms with van der Waals surface area (Å²) in [4.78, 5) is 30.0. The molecule has 8 nitrogen and oxygen atoms in total. The number of aromatic nitrogens is 3. The van der Waals surface area contributed by atoms with E-state index in [1.807, 2.05) is 17.0 Å². The summed E-state index contributed by atoms with van der Waals surface area (Å²) in [7, 11) is 0. The molecule has 0 bridgehead atoms. The number of hydrogen-bond donors (Lipinski definition) is 1. The number of aliphatic carboxylic acids is 1. The van der Waals surface area contributed by atoms with Gasteiger partial charge < -0.3 is 14.9 Å². The van der Waals surface area contributed by atoms with Crippen molar-refractivity contribution in [3.05, 3.63) is 35.6 Å². The fourth-order valence-electron chi connectivity index (χ4n) is 3.77.